The molecule has 1 aromatic carbocycles. The van der Waals surface area contributed by atoms with Gasteiger partial charge in [-0.3, -0.25) is 14.1 Å². The van der Waals surface area contributed by atoms with E-state index in [9.17, 15) is 22.8 Å². The van der Waals surface area contributed by atoms with Crippen LogP contribution >= 0.6 is 0 Å². The Kier molecular flexibility index (Phi) is 7.38. The first-order valence-electron chi connectivity index (χ1n) is 6.87. The molecular weight excluding hydrogens is 363 g/mol. The summed E-state index contributed by atoms with van der Waals surface area (Å²) in [5.74, 6) is -1.38. The van der Waals surface area contributed by atoms with Gasteiger partial charge < -0.3 is 17.8 Å². The number of nitrogens with two attached hydrogens (primary N) is 1. The standard InChI is InChI=1S/C13H16N4O6S.Na.H/c14-13(20)15-6-9-4-2-1-3-8(9)5-11(18)16-10-7-17(12(10)19)24(21,22)23;;/h1-4,10H,5-7H2,(H,16,18)(H3,14,15,20)(H,21,22,23);;/q;+1;-1. The normalized spacial score (nSPS) is 16.4. The molecule has 0 aromatic heterocycles. The first kappa shape index (κ1) is 21.4. The van der Waals surface area contributed by atoms with Crippen LogP contribution in [-0.2, 0) is 32.9 Å². The molecule has 1 aliphatic heterocycles. The number of β-lactam (4-membered cyclic amide) rings is 1. The van der Waals surface area contributed by atoms with Crippen LogP contribution in [0.25, 0.3) is 0 Å². The van der Waals surface area contributed by atoms with Crippen LogP contribution in [0.2, 0.25) is 0 Å². The Morgan fingerprint density at radius 3 is 2.44 bits per heavy atom. The van der Waals surface area contributed by atoms with Crippen molar-refractivity contribution < 1.29 is 58.3 Å². The van der Waals surface area contributed by atoms with Crippen LogP contribution in [0, 0.1) is 0 Å². The van der Waals surface area contributed by atoms with E-state index in [-0.39, 0.29) is 54.8 Å². The second kappa shape index (κ2) is 8.63. The van der Waals surface area contributed by atoms with Crippen molar-refractivity contribution in [3.63, 3.8) is 0 Å². The molecule has 1 fully saturated rings. The van der Waals surface area contributed by atoms with Gasteiger partial charge in [0.1, 0.15) is 6.04 Å². The molecule has 1 saturated heterocycles. The van der Waals surface area contributed by atoms with E-state index in [0.717, 1.165) is 0 Å². The predicted octanol–water partition coefficient (Wildman–Crippen LogP) is -4.36. The third kappa shape index (κ3) is 5.68. The topological polar surface area (TPSA) is 159 Å². The number of hydrogen-bond acceptors (Lipinski definition) is 5. The maximum Gasteiger partial charge on any atom is 1.00 e. The monoisotopic (exact) mass is 380 g/mol. The van der Waals surface area contributed by atoms with Gasteiger partial charge in [0.25, 0.3) is 5.91 Å². The fourth-order valence-electron chi connectivity index (χ4n) is 2.21. The molecule has 0 radical (unpaired) electrons. The number of primary amides is 1. The van der Waals surface area contributed by atoms with Gasteiger partial charge in [-0.15, -0.1) is 0 Å². The van der Waals surface area contributed by atoms with Crippen LogP contribution in [0.4, 0.5) is 4.79 Å². The van der Waals surface area contributed by atoms with Crippen molar-refractivity contribution >= 4 is 28.1 Å². The molecule has 0 aliphatic carbocycles. The third-order valence-corrected chi connectivity index (χ3v) is 4.31. The van der Waals surface area contributed by atoms with Crippen molar-refractivity contribution in [3.8, 4) is 0 Å². The Labute approximate surface area is 167 Å². The van der Waals surface area contributed by atoms with E-state index in [1.54, 1.807) is 24.3 Å². The summed E-state index contributed by atoms with van der Waals surface area (Å²) in [6.07, 6.45) is -0.0632. The van der Waals surface area contributed by atoms with Crippen molar-refractivity contribution in [2.24, 2.45) is 5.73 Å². The van der Waals surface area contributed by atoms with E-state index >= 15 is 0 Å². The van der Waals surface area contributed by atoms with Crippen molar-refractivity contribution in [2.45, 2.75) is 19.0 Å². The van der Waals surface area contributed by atoms with Crippen LogP contribution < -0.4 is 45.9 Å². The van der Waals surface area contributed by atoms with E-state index in [1.807, 2.05) is 0 Å². The van der Waals surface area contributed by atoms with Crippen LogP contribution in [0.1, 0.15) is 12.6 Å². The molecule has 132 valence electrons. The largest absolute Gasteiger partial charge is 1.00 e. The van der Waals surface area contributed by atoms with Gasteiger partial charge >= 0.3 is 45.9 Å². The summed E-state index contributed by atoms with van der Waals surface area (Å²) in [5.41, 5.74) is 6.32. The van der Waals surface area contributed by atoms with Crippen molar-refractivity contribution in [3.05, 3.63) is 35.4 Å². The van der Waals surface area contributed by atoms with Gasteiger partial charge in [-0.1, -0.05) is 24.3 Å². The molecular formula is C13H17N4NaO6S. The van der Waals surface area contributed by atoms with Gasteiger partial charge in [-0.05, 0) is 11.1 Å². The summed E-state index contributed by atoms with van der Waals surface area (Å²) in [7, 11) is -4.58. The number of hydrogen-bond donors (Lipinski definition) is 4. The van der Waals surface area contributed by atoms with Gasteiger partial charge in [0, 0.05) is 6.54 Å². The number of urea groups is 1. The zero-order valence-corrected chi connectivity index (χ0v) is 16.2. The number of benzene rings is 1. The fraction of sp³-hybridized carbons (Fsp3) is 0.308. The molecule has 0 spiro atoms. The minimum Gasteiger partial charge on any atom is -1.00 e. The summed E-state index contributed by atoms with van der Waals surface area (Å²) in [4.78, 5) is 34.3. The van der Waals surface area contributed by atoms with Crippen LogP contribution in [0.3, 0.4) is 0 Å². The SMILES string of the molecule is NC(=O)NCc1ccccc1CC(=O)NC1CN(S(=O)(=O)O)C1=O.[H-].[Na+]. The van der Waals surface area contributed by atoms with E-state index < -0.39 is 34.2 Å². The third-order valence-electron chi connectivity index (χ3n) is 3.43. The Morgan fingerprint density at radius 2 is 1.92 bits per heavy atom. The maximum absolute atomic E-state index is 12.0. The smallest absolute Gasteiger partial charge is 1.00 e. The predicted molar refractivity (Wildman–Crippen MR) is 82.9 cm³/mol. The Bertz CT molecular complexity index is 791. The molecule has 4 amide bonds. The molecule has 25 heavy (non-hydrogen) atoms. The summed E-state index contributed by atoms with van der Waals surface area (Å²) in [6, 6.07) is 5.16. The molecule has 1 unspecified atom stereocenters. The Hall–Kier alpha value is -1.66. The number of amides is 4. The molecule has 1 aliphatic rings. The molecule has 10 nitrogen and oxygen atoms in total. The van der Waals surface area contributed by atoms with Crippen molar-refractivity contribution in [2.75, 3.05) is 6.54 Å². The number of nitrogens with one attached hydrogen (secondary N) is 2. The van der Waals surface area contributed by atoms with Crippen LogP contribution in [0.5, 0.6) is 0 Å². The van der Waals surface area contributed by atoms with Gasteiger partial charge in [0.05, 0.1) is 13.0 Å². The molecule has 1 atom stereocenters. The van der Waals surface area contributed by atoms with Gasteiger partial charge in [0.15, 0.2) is 0 Å². The number of rotatable bonds is 6. The first-order chi connectivity index (χ1) is 11.2. The van der Waals surface area contributed by atoms with Crippen molar-refractivity contribution in [1.29, 1.82) is 0 Å². The molecule has 2 rings (SSSR count). The second-order valence-electron chi connectivity index (χ2n) is 5.13. The zero-order chi connectivity index (χ0) is 17.9. The minimum absolute atomic E-state index is 0. The number of nitrogens with zero attached hydrogens (tertiary/aromatic N) is 1. The summed E-state index contributed by atoms with van der Waals surface area (Å²) < 4.78 is 30.7. The molecule has 5 N–H and O–H groups in total. The molecule has 0 bridgehead atoms. The van der Waals surface area contributed by atoms with Gasteiger partial charge in [-0.2, -0.15) is 8.42 Å². The zero-order valence-electron chi connectivity index (χ0n) is 14.4. The first-order valence-corrected chi connectivity index (χ1v) is 8.26. The van der Waals surface area contributed by atoms with Crippen LogP contribution in [-0.4, -0.2) is 47.7 Å². The summed E-state index contributed by atoms with van der Waals surface area (Å²) >= 11 is 0. The van der Waals surface area contributed by atoms with Crippen molar-refractivity contribution in [1.82, 2.24) is 14.9 Å². The average Bonchev–Trinajstić information content (AvgIpc) is 2.48. The maximum atomic E-state index is 12.0. The molecule has 1 heterocycles. The molecule has 12 heteroatoms. The number of carbonyl (C=O) groups excluding carboxylic acids is 3. The Balaban J connectivity index is 0.00000312. The summed E-state index contributed by atoms with van der Waals surface area (Å²) in [6.45, 7) is -0.161. The van der Waals surface area contributed by atoms with E-state index in [4.69, 9.17) is 10.3 Å². The fourth-order valence-corrected chi connectivity index (χ4v) is 2.91. The average molecular weight is 380 g/mol. The van der Waals surface area contributed by atoms with E-state index in [1.165, 1.54) is 0 Å². The van der Waals surface area contributed by atoms with E-state index in [2.05, 4.69) is 10.6 Å². The minimum atomic E-state index is -4.58. The quantitative estimate of drug-likeness (QED) is 0.222. The van der Waals surface area contributed by atoms with E-state index in [0.29, 0.717) is 11.1 Å². The van der Waals surface area contributed by atoms with Gasteiger partial charge in [-0.25, -0.2) is 9.10 Å². The Morgan fingerprint density at radius 1 is 1.32 bits per heavy atom. The van der Waals surface area contributed by atoms with Gasteiger partial charge in [0.2, 0.25) is 5.91 Å². The van der Waals surface area contributed by atoms with Crippen LogP contribution in [0.15, 0.2) is 24.3 Å². The summed E-state index contributed by atoms with van der Waals surface area (Å²) in [5, 5.41) is 4.81. The molecule has 1 aromatic rings. The second-order valence-corrected chi connectivity index (χ2v) is 6.47. The molecule has 0 saturated carbocycles. The number of carbonyl (C=O) groups is 3.